The third kappa shape index (κ3) is 4.18. The van der Waals surface area contributed by atoms with Crippen molar-refractivity contribution in [1.29, 1.82) is 0 Å². The molecule has 0 radical (unpaired) electrons. The van der Waals surface area contributed by atoms with Gasteiger partial charge < -0.3 is 14.2 Å². The van der Waals surface area contributed by atoms with Crippen LogP contribution in [0.5, 0.6) is 0 Å². The summed E-state index contributed by atoms with van der Waals surface area (Å²) in [5.74, 6) is 0.418. The molecule has 0 atom stereocenters. The van der Waals surface area contributed by atoms with E-state index in [1.165, 1.54) is 6.26 Å². The summed E-state index contributed by atoms with van der Waals surface area (Å²) in [5.41, 5.74) is 0. The summed E-state index contributed by atoms with van der Waals surface area (Å²) < 4.78 is 5.15. The Morgan fingerprint density at radius 2 is 1.89 bits per heavy atom. The fourth-order valence-electron chi connectivity index (χ4n) is 1.98. The molecule has 0 bridgehead atoms. The summed E-state index contributed by atoms with van der Waals surface area (Å²) in [4.78, 5) is 16.3. The first-order valence-electron chi connectivity index (χ1n) is 6.78. The van der Waals surface area contributed by atoms with Gasteiger partial charge in [-0.05, 0) is 45.1 Å². The molecular formula is C14H24N2O2. The van der Waals surface area contributed by atoms with E-state index in [0.717, 1.165) is 39.1 Å². The highest BCUT2D eigenvalue weighted by molar-refractivity contribution is 5.91. The van der Waals surface area contributed by atoms with Gasteiger partial charge in [0.25, 0.3) is 5.91 Å². The maximum Gasteiger partial charge on any atom is 0.289 e. The molecule has 1 amide bonds. The van der Waals surface area contributed by atoms with Crippen molar-refractivity contribution in [3.63, 3.8) is 0 Å². The highest BCUT2D eigenvalue weighted by atomic mass is 16.3. The van der Waals surface area contributed by atoms with Gasteiger partial charge in [-0.15, -0.1) is 0 Å². The molecule has 0 saturated carbocycles. The first-order chi connectivity index (χ1) is 8.72. The molecule has 18 heavy (non-hydrogen) atoms. The Balaban J connectivity index is 2.40. The fourth-order valence-corrected chi connectivity index (χ4v) is 1.98. The van der Waals surface area contributed by atoms with Gasteiger partial charge in [-0.1, -0.05) is 13.8 Å². The number of furan rings is 1. The van der Waals surface area contributed by atoms with Crippen molar-refractivity contribution in [3.05, 3.63) is 24.2 Å². The summed E-state index contributed by atoms with van der Waals surface area (Å²) >= 11 is 0. The maximum atomic E-state index is 12.1. The molecule has 4 heteroatoms. The van der Waals surface area contributed by atoms with Crippen molar-refractivity contribution in [2.75, 3.05) is 32.7 Å². The summed E-state index contributed by atoms with van der Waals surface area (Å²) in [6, 6.07) is 3.46. The minimum absolute atomic E-state index is 0.0120. The molecule has 0 unspecified atom stereocenters. The largest absolute Gasteiger partial charge is 0.459 e. The number of carbonyl (C=O) groups excluding carboxylic acids is 1. The SMILES string of the molecule is CCN(CC)CCCN(CC)C(=O)c1ccco1. The van der Waals surface area contributed by atoms with Gasteiger partial charge in [0.1, 0.15) is 0 Å². The lowest BCUT2D eigenvalue weighted by Crippen LogP contribution is -2.34. The van der Waals surface area contributed by atoms with Crippen LogP contribution in [0.15, 0.2) is 22.8 Å². The third-order valence-corrected chi connectivity index (χ3v) is 3.20. The average molecular weight is 252 g/mol. The Hall–Kier alpha value is -1.29. The molecule has 0 aromatic carbocycles. The minimum Gasteiger partial charge on any atom is -0.459 e. The van der Waals surface area contributed by atoms with E-state index in [-0.39, 0.29) is 5.91 Å². The molecule has 1 rings (SSSR count). The van der Waals surface area contributed by atoms with Gasteiger partial charge in [-0.25, -0.2) is 0 Å². The second-order valence-corrected chi connectivity index (χ2v) is 4.24. The van der Waals surface area contributed by atoms with Crippen LogP contribution >= 0.6 is 0 Å². The first-order valence-corrected chi connectivity index (χ1v) is 6.78. The number of hydrogen-bond donors (Lipinski definition) is 0. The van der Waals surface area contributed by atoms with Gasteiger partial charge >= 0.3 is 0 Å². The molecule has 1 aromatic rings. The monoisotopic (exact) mass is 252 g/mol. The zero-order valence-electron chi connectivity index (χ0n) is 11.7. The molecule has 0 aliphatic rings. The quantitative estimate of drug-likeness (QED) is 0.713. The molecule has 0 N–H and O–H groups in total. The van der Waals surface area contributed by atoms with Crippen LogP contribution in [-0.2, 0) is 0 Å². The number of carbonyl (C=O) groups is 1. The van der Waals surface area contributed by atoms with E-state index < -0.39 is 0 Å². The summed E-state index contributed by atoms with van der Waals surface area (Å²) in [7, 11) is 0. The predicted molar refractivity (Wildman–Crippen MR) is 72.7 cm³/mol. The lowest BCUT2D eigenvalue weighted by Gasteiger charge is -2.22. The summed E-state index contributed by atoms with van der Waals surface area (Å²) in [6.07, 6.45) is 2.54. The molecule has 1 heterocycles. The minimum atomic E-state index is -0.0120. The highest BCUT2D eigenvalue weighted by Crippen LogP contribution is 2.06. The van der Waals surface area contributed by atoms with Crippen molar-refractivity contribution in [3.8, 4) is 0 Å². The van der Waals surface area contributed by atoms with Gasteiger partial charge in [-0.2, -0.15) is 0 Å². The molecule has 0 saturated heterocycles. The Kier molecular flexibility index (Phi) is 6.50. The average Bonchev–Trinajstić information content (AvgIpc) is 2.92. The van der Waals surface area contributed by atoms with E-state index in [1.54, 1.807) is 12.1 Å². The summed E-state index contributed by atoms with van der Waals surface area (Å²) in [6.45, 7) is 11.0. The van der Waals surface area contributed by atoms with Gasteiger partial charge in [0.2, 0.25) is 0 Å². The highest BCUT2D eigenvalue weighted by Gasteiger charge is 2.16. The van der Waals surface area contributed by atoms with E-state index in [0.29, 0.717) is 5.76 Å². The van der Waals surface area contributed by atoms with E-state index in [4.69, 9.17) is 4.42 Å². The van der Waals surface area contributed by atoms with E-state index in [1.807, 2.05) is 11.8 Å². The van der Waals surface area contributed by atoms with Crippen molar-refractivity contribution in [2.45, 2.75) is 27.2 Å². The Morgan fingerprint density at radius 3 is 2.39 bits per heavy atom. The van der Waals surface area contributed by atoms with Crippen LogP contribution in [0.25, 0.3) is 0 Å². The number of rotatable bonds is 8. The van der Waals surface area contributed by atoms with Crippen LogP contribution in [0.4, 0.5) is 0 Å². The standard InChI is InChI=1S/C14H24N2O2/c1-4-15(5-2)10-8-11-16(6-3)14(17)13-9-7-12-18-13/h7,9,12H,4-6,8,10-11H2,1-3H3. The zero-order chi connectivity index (χ0) is 13.4. The van der Waals surface area contributed by atoms with E-state index in [2.05, 4.69) is 18.7 Å². The molecule has 1 aromatic heterocycles. The molecular weight excluding hydrogens is 228 g/mol. The van der Waals surface area contributed by atoms with Gasteiger partial charge in [-0.3, -0.25) is 4.79 Å². The number of amides is 1. The molecule has 102 valence electrons. The van der Waals surface area contributed by atoms with Crippen molar-refractivity contribution in [2.24, 2.45) is 0 Å². The lowest BCUT2D eigenvalue weighted by atomic mass is 10.3. The van der Waals surface area contributed by atoms with E-state index in [9.17, 15) is 4.79 Å². The normalized spacial score (nSPS) is 10.9. The maximum absolute atomic E-state index is 12.1. The van der Waals surface area contributed by atoms with Crippen molar-refractivity contribution >= 4 is 5.91 Å². The van der Waals surface area contributed by atoms with Crippen molar-refractivity contribution < 1.29 is 9.21 Å². The van der Waals surface area contributed by atoms with Gasteiger partial charge in [0.15, 0.2) is 5.76 Å². The number of hydrogen-bond acceptors (Lipinski definition) is 3. The van der Waals surface area contributed by atoms with Crippen molar-refractivity contribution in [1.82, 2.24) is 9.80 Å². The Morgan fingerprint density at radius 1 is 1.17 bits per heavy atom. The second-order valence-electron chi connectivity index (χ2n) is 4.24. The Bertz CT molecular complexity index is 332. The predicted octanol–water partition coefficient (Wildman–Crippen LogP) is 2.47. The number of nitrogens with zero attached hydrogens (tertiary/aromatic N) is 2. The lowest BCUT2D eigenvalue weighted by molar-refractivity contribution is 0.0725. The molecule has 0 spiro atoms. The van der Waals surface area contributed by atoms with Crippen LogP contribution in [-0.4, -0.2) is 48.4 Å². The zero-order valence-corrected chi connectivity index (χ0v) is 11.7. The molecule has 4 nitrogen and oxygen atoms in total. The van der Waals surface area contributed by atoms with Gasteiger partial charge in [0, 0.05) is 13.1 Å². The fraction of sp³-hybridized carbons (Fsp3) is 0.643. The Labute approximate surface area is 110 Å². The molecule has 0 aliphatic heterocycles. The smallest absolute Gasteiger partial charge is 0.289 e. The first kappa shape index (κ1) is 14.8. The van der Waals surface area contributed by atoms with Crippen LogP contribution in [0, 0.1) is 0 Å². The molecule has 0 aliphatic carbocycles. The van der Waals surface area contributed by atoms with E-state index >= 15 is 0 Å². The topological polar surface area (TPSA) is 36.7 Å². The van der Waals surface area contributed by atoms with Gasteiger partial charge in [0.05, 0.1) is 6.26 Å². The van der Waals surface area contributed by atoms with Crippen LogP contribution < -0.4 is 0 Å². The summed E-state index contributed by atoms with van der Waals surface area (Å²) in [5, 5.41) is 0. The third-order valence-electron chi connectivity index (χ3n) is 3.20. The second kappa shape index (κ2) is 7.93. The van der Waals surface area contributed by atoms with Crippen LogP contribution in [0.3, 0.4) is 0 Å². The van der Waals surface area contributed by atoms with Crippen LogP contribution in [0.1, 0.15) is 37.7 Å². The molecule has 0 fully saturated rings. The van der Waals surface area contributed by atoms with Crippen LogP contribution in [0.2, 0.25) is 0 Å².